The number of hydrogen-bond donors (Lipinski definition) is 1. The van der Waals surface area contributed by atoms with Gasteiger partial charge in [0.05, 0.1) is 11.5 Å². The molecular formula is C10H15NO2S. The molecule has 1 aromatic rings. The van der Waals surface area contributed by atoms with Crippen LogP contribution in [0.25, 0.3) is 0 Å². The third kappa shape index (κ3) is 3.89. The number of hydrogen-bond acceptors (Lipinski definition) is 3. The van der Waals surface area contributed by atoms with Gasteiger partial charge in [0, 0.05) is 6.04 Å². The Morgan fingerprint density at radius 3 is 2.36 bits per heavy atom. The van der Waals surface area contributed by atoms with Crippen LogP contribution in [0.2, 0.25) is 0 Å². The standard InChI is InChI=1S/C10H15NO2S/c1-9(11)7-14(12,13)8-10-5-3-2-4-6-10/h2-6,9H,7-8,11H2,1H3. The summed E-state index contributed by atoms with van der Waals surface area (Å²) in [6, 6.07) is 8.83. The Hall–Kier alpha value is -0.870. The summed E-state index contributed by atoms with van der Waals surface area (Å²) in [5.41, 5.74) is 6.27. The molecule has 0 aliphatic rings. The lowest BCUT2D eigenvalue weighted by atomic mass is 10.2. The normalized spacial score (nSPS) is 13.9. The predicted octanol–water partition coefficient (Wildman–Crippen LogP) is 0.949. The molecule has 1 rings (SSSR count). The van der Waals surface area contributed by atoms with Gasteiger partial charge in [-0.3, -0.25) is 0 Å². The smallest absolute Gasteiger partial charge is 0.155 e. The molecule has 0 aliphatic heterocycles. The van der Waals surface area contributed by atoms with Crippen molar-refractivity contribution in [1.29, 1.82) is 0 Å². The van der Waals surface area contributed by atoms with E-state index in [4.69, 9.17) is 5.73 Å². The Morgan fingerprint density at radius 1 is 1.29 bits per heavy atom. The van der Waals surface area contributed by atoms with E-state index < -0.39 is 9.84 Å². The molecule has 0 saturated heterocycles. The van der Waals surface area contributed by atoms with Crippen molar-refractivity contribution in [3.63, 3.8) is 0 Å². The van der Waals surface area contributed by atoms with E-state index in [1.54, 1.807) is 19.1 Å². The van der Waals surface area contributed by atoms with E-state index in [0.717, 1.165) is 5.56 Å². The zero-order chi connectivity index (χ0) is 10.6. The molecule has 0 saturated carbocycles. The van der Waals surface area contributed by atoms with E-state index in [1.807, 2.05) is 18.2 Å². The number of benzene rings is 1. The Labute approximate surface area is 84.9 Å². The predicted molar refractivity (Wildman–Crippen MR) is 57.6 cm³/mol. The van der Waals surface area contributed by atoms with Crippen LogP contribution in [0, 0.1) is 0 Å². The maximum Gasteiger partial charge on any atom is 0.155 e. The average molecular weight is 213 g/mol. The minimum Gasteiger partial charge on any atom is -0.327 e. The Bertz CT molecular complexity index is 370. The van der Waals surface area contributed by atoms with Crippen LogP contribution < -0.4 is 5.73 Å². The van der Waals surface area contributed by atoms with Crippen LogP contribution in [0.3, 0.4) is 0 Å². The Kier molecular flexibility index (Phi) is 3.66. The molecule has 0 aliphatic carbocycles. The number of nitrogens with two attached hydrogens (primary N) is 1. The molecule has 2 N–H and O–H groups in total. The first-order valence-corrected chi connectivity index (χ1v) is 6.32. The summed E-state index contributed by atoms with van der Waals surface area (Å²) in [4.78, 5) is 0. The van der Waals surface area contributed by atoms with Crippen LogP contribution in [-0.4, -0.2) is 20.2 Å². The molecule has 1 aromatic carbocycles. The fourth-order valence-corrected chi connectivity index (χ4v) is 2.91. The van der Waals surface area contributed by atoms with E-state index in [2.05, 4.69) is 0 Å². The Morgan fingerprint density at radius 2 is 1.86 bits per heavy atom. The van der Waals surface area contributed by atoms with Gasteiger partial charge in [0.1, 0.15) is 0 Å². The second-order valence-corrected chi connectivity index (χ2v) is 5.63. The fraction of sp³-hybridized carbons (Fsp3) is 0.400. The highest BCUT2D eigenvalue weighted by molar-refractivity contribution is 7.90. The van der Waals surface area contributed by atoms with E-state index in [9.17, 15) is 8.42 Å². The second kappa shape index (κ2) is 4.57. The minimum absolute atomic E-state index is 0.0435. The van der Waals surface area contributed by atoms with Gasteiger partial charge in [0.25, 0.3) is 0 Å². The van der Waals surface area contributed by atoms with Crippen LogP contribution in [0.15, 0.2) is 30.3 Å². The van der Waals surface area contributed by atoms with Gasteiger partial charge in [-0.15, -0.1) is 0 Å². The van der Waals surface area contributed by atoms with Crippen molar-refractivity contribution in [2.75, 3.05) is 5.75 Å². The molecule has 0 spiro atoms. The van der Waals surface area contributed by atoms with Crippen molar-refractivity contribution >= 4 is 9.84 Å². The molecule has 14 heavy (non-hydrogen) atoms. The largest absolute Gasteiger partial charge is 0.327 e. The lowest BCUT2D eigenvalue weighted by Crippen LogP contribution is -2.26. The zero-order valence-electron chi connectivity index (χ0n) is 8.18. The molecule has 0 aromatic heterocycles. The zero-order valence-corrected chi connectivity index (χ0v) is 9.00. The third-order valence-corrected chi connectivity index (χ3v) is 3.55. The molecule has 0 radical (unpaired) electrons. The van der Waals surface area contributed by atoms with Crippen LogP contribution in [0.1, 0.15) is 12.5 Å². The van der Waals surface area contributed by atoms with Gasteiger partial charge in [-0.2, -0.15) is 0 Å². The first-order chi connectivity index (χ1) is 6.49. The molecule has 0 fully saturated rings. The van der Waals surface area contributed by atoms with E-state index >= 15 is 0 Å². The van der Waals surface area contributed by atoms with Gasteiger partial charge < -0.3 is 5.73 Å². The molecule has 4 heteroatoms. The van der Waals surface area contributed by atoms with Gasteiger partial charge in [-0.05, 0) is 12.5 Å². The van der Waals surface area contributed by atoms with Crippen molar-refractivity contribution < 1.29 is 8.42 Å². The van der Waals surface area contributed by atoms with Crippen LogP contribution >= 0.6 is 0 Å². The summed E-state index contributed by atoms with van der Waals surface area (Å²) in [5, 5.41) is 0. The molecular weight excluding hydrogens is 198 g/mol. The van der Waals surface area contributed by atoms with Crippen molar-refractivity contribution in [2.45, 2.75) is 18.7 Å². The first kappa shape index (κ1) is 11.2. The third-order valence-electron chi connectivity index (χ3n) is 1.75. The van der Waals surface area contributed by atoms with Crippen molar-refractivity contribution in [3.05, 3.63) is 35.9 Å². The van der Waals surface area contributed by atoms with Crippen molar-refractivity contribution in [2.24, 2.45) is 5.73 Å². The summed E-state index contributed by atoms with van der Waals surface area (Å²) < 4.78 is 23.1. The van der Waals surface area contributed by atoms with Crippen LogP contribution in [0.5, 0.6) is 0 Å². The highest BCUT2D eigenvalue weighted by Gasteiger charge is 2.13. The lowest BCUT2D eigenvalue weighted by molar-refractivity contribution is 0.589. The lowest BCUT2D eigenvalue weighted by Gasteiger charge is -2.06. The fourth-order valence-electron chi connectivity index (χ4n) is 1.29. The summed E-state index contributed by atoms with van der Waals surface area (Å²) in [5.74, 6) is 0.122. The van der Waals surface area contributed by atoms with Gasteiger partial charge in [-0.25, -0.2) is 8.42 Å². The molecule has 1 unspecified atom stereocenters. The van der Waals surface area contributed by atoms with Crippen molar-refractivity contribution in [1.82, 2.24) is 0 Å². The minimum atomic E-state index is -3.06. The summed E-state index contributed by atoms with van der Waals surface area (Å²) in [6.45, 7) is 1.70. The molecule has 1 atom stereocenters. The highest BCUT2D eigenvalue weighted by atomic mass is 32.2. The number of rotatable bonds is 4. The van der Waals surface area contributed by atoms with Crippen molar-refractivity contribution in [3.8, 4) is 0 Å². The summed E-state index contributed by atoms with van der Waals surface area (Å²) >= 11 is 0. The SMILES string of the molecule is CC(N)CS(=O)(=O)Cc1ccccc1. The van der Waals surface area contributed by atoms with Gasteiger partial charge >= 0.3 is 0 Å². The van der Waals surface area contributed by atoms with E-state index in [1.165, 1.54) is 0 Å². The molecule has 0 heterocycles. The first-order valence-electron chi connectivity index (χ1n) is 4.49. The summed E-state index contributed by atoms with van der Waals surface area (Å²) in [7, 11) is -3.06. The van der Waals surface area contributed by atoms with Gasteiger partial charge in [0.2, 0.25) is 0 Å². The van der Waals surface area contributed by atoms with Gasteiger partial charge in [-0.1, -0.05) is 30.3 Å². The molecule has 0 amide bonds. The molecule has 3 nitrogen and oxygen atoms in total. The Balaban J connectivity index is 2.70. The monoisotopic (exact) mass is 213 g/mol. The highest BCUT2D eigenvalue weighted by Crippen LogP contribution is 2.06. The van der Waals surface area contributed by atoms with Crippen LogP contribution in [-0.2, 0) is 15.6 Å². The molecule has 0 bridgehead atoms. The van der Waals surface area contributed by atoms with E-state index in [-0.39, 0.29) is 17.5 Å². The second-order valence-electron chi connectivity index (χ2n) is 3.52. The quantitative estimate of drug-likeness (QED) is 0.810. The maximum absolute atomic E-state index is 11.5. The van der Waals surface area contributed by atoms with Gasteiger partial charge in [0.15, 0.2) is 9.84 Å². The maximum atomic E-state index is 11.5. The van der Waals surface area contributed by atoms with E-state index in [0.29, 0.717) is 0 Å². The number of sulfone groups is 1. The van der Waals surface area contributed by atoms with Crippen LogP contribution in [0.4, 0.5) is 0 Å². The average Bonchev–Trinajstić information content (AvgIpc) is 2.02. The molecule has 78 valence electrons. The summed E-state index contributed by atoms with van der Waals surface area (Å²) in [6.07, 6.45) is 0. The topological polar surface area (TPSA) is 60.2 Å².